The number of methoxy groups -OCH3 is 3. The third kappa shape index (κ3) is 19.8. The van der Waals surface area contributed by atoms with Gasteiger partial charge in [0.1, 0.15) is 58.0 Å². The maximum atomic E-state index is 13.0. The SMILES string of the molecule is CC1(O)CNC2(CC2)[C@H](CO)[C@H]1O.COc1ccc(C2OC[C@@H]3[C@@H](O2)C(=O)CN(C(=O)OC(C)(C)C)C32CC2)cc1.COc1ccc(C2OC[C@@H]3[C@@H](O2)[C@@H](O)CN(C(=O)OC(C)(C)C)C32CC2)cc1.COc1ccc(C2OC[C@@H]3[C@@H](O2)[C@H](O)CN(C(=O)OC(C)(C)C)C32CC2)cc1.OC[C@@H]1[C@@H](O)C(F)(F)CNC12CC2.OC[C@@H]1[C@@H](O)[C@H](F)CNC12CC2. The molecule has 3 aromatic rings. The molecule has 15 aliphatic rings. The number of Topliss-reactive ketones (excluding diaryl/α,β-unsaturated/α-hetero) is 1. The summed E-state index contributed by atoms with van der Waals surface area (Å²) >= 11 is 0. The summed E-state index contributed by atoms with van der Waals surface area (Å²) in [7, 11) is 4.85. The van der Waals surface area contributed by atoms with Gasteiger partial charge in [0.05, 0.1) is 140 Å². The number of aliphatic hydroxyl groups excluding tert-OH is 8. The van der Waals surface area contributed by atoms with E-state index in [1.807, 2.05) is 135 Å². The second kappa shape index (κ2) is 35.7. The molecule has 18 rings (SSSR count). The number of rotatable bonds is 9. The first kappa shape index (κ1) is 93.3. The summed E-state index contributed by atoms with van der Waals surface area (Å²) in [5.41, 5.74) is -1.97. The molecule has 122 heavy (non-hydrogen) atoms. The van der Waals surface area contributed by atoms with Gasteiger partial charge >= 0.3 is 18.3 Å². The monoisotopic (exact) mass is 1730 g/mol. The van der Waals surface area contributed by atoms with E-state index >= 15 is 0 Å². The second-order valence-corrected chi connectivity index (χ2v) is 39.0. The Kier molecular flexibility index (Phi) is 27.3. The Morgan fingerprint density at radius 2 is 0.811 bits per heavy atom. The minimum Gasteiger partial charge on any atom is -0.497 e. The van der Waals surface area contributed by atoms with Crippen molar-refractivity contribution in [3.63, 3.8) is 0 Å². The van der Waals surface area contributed by atoms with Gasteiger partial charge in [0.2, 0.25) is 0 Å². The van der Waals surface area contributed by atoms with E-state index in [2.05, 4.69) is 16.0 Å². The fourth-order valence-corrected chi connectivity index (χ4v) is 19.3. The molecule has 9 aliphatic heterocycles. The summed E-state index contributed by atoms with van der Waals surface area (Å²) in [6.45, 7) is 19.4. The number of piperidine rings is 6. The number of carbonyl (C=O) groups is 4. The summed E-state index contributed by atoms with van der Waals surface area (Å²) < 4.78 is 108. The number of halogens is 3. The van der Waals surface area contributed by atoms with Gasteiger partial charge in [0.25, 0.3) is 5.92 Å². The highest BCUT2D eigenvalue weighted by molar-refractivity contribution is 5.90. The number of hydrogen-bond acceptors (Lipinski definition) is 28. The number of β-amino-alcohol motifs (C(OH)–C–C–N with tert-alkyl or cyclic N) is 3. The van der Waals surface area contributed by atoms with Crippen LogP contribution >= 0.6 is 0 Å². The van der Waals surface area contributed by atoms with E-state index in [0.717, 1.165) is 111 Å². The van der Waals surface area contributed by atoms with Crippen molar-refractivity contribution in [1.29, 1.82) is 0 Å². The van der Waals surface area contributed by atoms with Gasteiger partial charge in [-0.3, -0.25) is 19.5 Å². The zero-order valence-electron chi connectivity index (χ0n) is 72.3. The first-order valence-electron chi connectivity index (χ1n) is 42.9. The summed E-state index contributed by atoms with van der Waals surface area (Å²) in [5.74, 6) is -2.52. The third-order valence-electron chi connectivity index (χ3n) is 27.2. The lowest BCUT2D eigenvalue weighted by Crippen LogP contribution is -2.65. The number of carbonyl (C=O) groups excluding carboxylic acids is 4. The number of aliphatic hydroxyl groups is 9. The van der Waals surface area contributed by atoms with E-state index in [1.165, 1.54) is 0 Å². The van der Waals surface area contributed by atoms with Crippen molar-refractivity contribution in [2.75, 3.05) is 100 Å². The highest BCUT2D eigenvalue weighted by Gasteiger charge is 2.69. The van der Waals surface area contributed by atoms with Gasteiger partial charge < -0.3 is 119 Å². The number of hydrogen-bond donors (Lipinski definition) is 12. The molecule has 9 heterocycles. The molecule has 3 amide bonds. The molecule has 4 unspecified atom stereocenters. The standard InChI is InChI=1S/2C21H29NO6.C21H27NO6.C9H17NO3.C8H13F2NO2.C8H14FNO2/c3*1-20(2,3)28-19(24)22-11-16(23)17-15(21(22)9-10-21)12-26-18(27-17)13-5-7-14(25-4)8-6-13;1-8(13)5-10-9(2-3-9)6(4-11)7(8)12;9-8(10)4-11-7(1-2-7)5(3-12)6(8)13;9-6-3-10-8(1-2-8)5(4-11)7(6)12/h2*5-8,15-18,23H,9-12H2,1-4H3;5-8,15,17-18H,9-12H2,1-4H3;6-7,10-13H,2-5H2,1H3;5-6,11-13H,1-4H2;5-7,10-12H,1-4H2/t15-,16+,17-,18?;15-,16-,17-,18?;15-,17-,18?;6-,7-,8?;5-,6-;5-,6-,7-/m111111/s1. The molecule has 31 nitrogen and oxygen atoms in total. The minimum absolute atomic E-state index is 0.0193. The smallest absolute Gasteiger partial charge is 0.411 e. The number of alkyl halides is 3. The van der Waals surface area contributed by atoms with Crippen LogP contribution in [0.15, 0.2) is 72.8 Å². The molecule has 15 fully saturated rings. The molecule has 6 spiro atoms. The molecule has 9 saturated heterocycles. The Bertz CT molecular complexity index is 3900. The molecule has 19 atom stereocenters. The van der Waals surface area contributed by atoms with Crippen molar-refractivity contribution in [2.24, 2.45) is 35.5 Å². The van der Waals surface area contributed by atoms with Crippen molar-refractivity contribution in [1.82, 2.24) is 30.7 Å². The van der Waals surface area contributed by atoms with Gasteiger partial charge in [-0.25, -0.2) is 27.6 Å². The zero-order valence-corrected chi connectivity index (χ0v) is 72.3. The van der Waals surface area contributed by atoms with Crippen LogP contribution in [0.1, 0.15) is 182 Å². The van der Waals surface area contributed by atoms with Gasteiger partial charge in [-0.05, 0) is 183 Å². The van der Waals surface area contributed by atoms with Crippen molar-refractivity contribution >= 4 is 24.1 Å². The van der Waals surface area contributed by atoms with Crippen LogP contribution in [0.5, 0.6) is 17.2 Å². The maximum Gasteiger partial charge on any atom is 0.411 e. The Morgan fingerprint density at radius 3 is 1.16 bits per heavy atom. The fourth-order valence-electron chi connectivity index (χ4n) is 19.3. The molecule has 6 aliphatic carbocycles. The van der Waals surface area contributed by atoms with Gasteiger partial charge in [-0.1, -0.05) is 36.4 Å². The van der Waals surface area contributed by atoms with Crippen LogP contribution in [0.25, 0.3) is 0 Å². The topological polar surface area (TPSA) is 407 Å². The van der Waals surface area contributed by atoms with Gasteiger partial charge in [0.15, 0.2) is 24.7 Å². The van der Waals surface area contributed by atoms with Crippen LogP contribution in [-0.2, 0) is 47.4 Å². The van der Waals surface area contributed by atoms with Crippen LogP contribution in [0.4, 0.5) is 27.6 Å². The molecular weight excluding hydrogens is 1600 g/mol. The Balaban J connectivity index is 0.000000131. The number of nitrogens with one attached hydrogen (secondary N) is 3. The van der Waals surface area contributed by atoms with E-state index in [1.54, 1.807) is 43.0 Å². The summed E-state index contributed by atoms with van der Waals surface area (Å²) in [4.78, 5) is 56.0. The van der Waals surface area contributed by atoms with Gasteiger partial charge in [-0.2, -0.15) is 0 Å². The van der Waals surface area contributed by atoms with E-state index in [4.69, 9.17) is 72.2 Å². The van der Waals surface area contributed by atoms with Crippen LogP contribution in [-0.4, -0.2) is 302 Å². The number of fused-ring (bicyclic) bond motifs is 6. The average Bonchev–Trinajstić information content (AvgIpc) is 1.56. The summed E-state index contributed by atoms with van der Waals surface area (Å²) in [6, 6.07) is 22.5. The van der Waals surface area contributed by atoms with Gasteiger partial charge in [0, 0.05) is 81.9 Å². The largest absolute Gasteiger partial charge is 0.497 e. The first-order chi connectivity index (χ1) is 57.4. The minimum atomic E-state index is -3.11. The number of benzene rings is 3. The predicted octanol–water partition coefficient (Wildman–Crippen LogP) is 6.82. The molecule has 0 radical (unpaired) electrons. The lowest BCUT2D eigenvalue weighted by atomic mass is 9.78. The Labute approximate surface area is 711 Å². The number of likely N-dealkylation sites (tertiary alicyclic amines) is 3. The van der Waals surface area contributed by atoms with Crippen LogP contribution in [0.2, 0.25) is 0 Å². The second-order valence-electron chi connectivity index (χ2n) is 39.0. The number of amides is 3. The van der Waals surface area contributed by atoms with Crippen LogP contribution in [0.3, 0.4) is 0 Å². The third-order valence-corrected chi connectivity index (χ3v) is 27.2. The predicted molar refractivity (Wildman–Crippen MR) is 432 cm³/mol. The van der Waals surface area contributed by atoms with E-state index < -0.39 is 120 Å². The van der Waals surface area contributed by atoms with Crippen molar-refractivity contribution in [3.8, 4) is 17.2 Å². The molecule has 34 heteroatoms. The average molecular weight is 1730 g/mol. The lowest BCUT2D eigenvalue weighted by Gasteiger charge is -2.51. The molecular formula is C88H129F3N6O25. The molecule has 0 bridgehead atoms. The van der Waals surface area contributed by atoms with Crippen LogP contribution < -0.4 is 30.2 Å². The van der Waals surface area contributed by atoms with Crippen molar-refractivity contribution in [3.05, 3.63) is 89.5 Å². The van der Waals surface area contributed by atoms with E-state index in [9.17, 15) is 63.0 Å². The summed E-state index contributed by atoms with van der Waals surface area (Å²) in [6.07, 6.45) is 0.103. The van der Waals surface area contributed by atoms with E-state index in [0.29, 0.717) is 26.4 Å². The molecule has 0 aromatic heterocycles. The summed E-state index contributed by atoms with van der Waals surface area (Å²) in [5, 5.41) is 96.0. The highest BCUT2D eigenvalue weighted by atomic mass is 19.3. The highest BCUT2D eigenvalue weighted by Crippen LogP contribution is 2.59. The quantitative estimate of drug-likeness (QED) is 0.0978. The normalized spacial score (nSPS) is 34.8. The van der Waals surface area contributed by atoms with Gasteiger partial charge in [-0.15, -0.1) is 0 Å². The number of ether oxygens (including phenoxy) is 12. The fraction of sp³-hybridized carbons (Fsp3) is 0.750. The number of nitrogens with zero attached hydrogens (tertiary/aromatic N) is 3. The molecule has 6 saturated carbocycles. The Morgan fingerprint density at radius 1 is 0.475 bits per heavy atom. The van der Waals surface area contributed by atoms with E-state index in [-0.39, 0.29) is 128 Å². The number of ketones is 1. The first-order valence-corrected chi connectivity index (χ1v) is 42.9. The van der Waals surface area contributed by atoms with Crippen molar-refractivity contribution in [2.45, 2.75) is 282 Å². The zero-order chi connectivity index (χ0) is 88.5. The molecule has 3 aromatic carbocycles. The van der Waals surface area contributed by atoms with Crippen LogP contribution in [0, 0.1) is 35.5 Å². The maximum absolute atomic E-state index is 13.0. The Hall–Kier alpha value is -6.39. The molecule has 682 valence electrons. The molecule has 12 N–H and O–H groups in total. The van der Waals surface area contributed by atoms with Crippen molar-refractivity contribution < 1.29 is 135 Å². The lowest BCUT2D eigenvalue weighted by molar-refractivity contribution is -0.285.